The highest BCUT2D eigenvalue weighted by atomic mass is 79.9. The lowest BCUT2D eigenvalue weighted by Gasteiger charge is -2.31. The number of rotatable bonds is 9. The van der Waals surface area contributed by atoms with Crippen molar-refractivity contribution in [2.75, 3.05) is 18.1 Å². The van der Waals surface area contributed by atoms with E-state index >= 15 is 4.11 Å². The Kier molecular flexibility index (Phi) is 7.67. The van der Waals surface area contributed by atoms with Gasteiger partial charge in [0.2, 0.25) is 8.41 Å². The predicted octanol–water partition coefficient (Wildman–Crippen LogP) is 5.56. The SMILES string of the molecule is C=CCN1C(=O)[C@]2(O[C@H](CCn3cc(C(CO)c4ccccc4)nn3)[C@@H]([Si](C)(C)F)[C@@H]2C)c2cc(Br)ccc21. The highest BCUT2D eigenvalue weighted by molar-refractivity contribution is 9.10. The Bertz CT molecular complexity index is 1360. The molecule has 0 aliphatic carbocycles. The van der Waals surface area contributed by atoms with Gasteiger partial charge >= 0.3 is 0 Å². The quantitative estimate of drug-likeness (QED) is 0.194. The summed E-state index contributed by atoms with van der Waals surface area (Å²) in [6, 6.07) is 15.4. The van der Waals surface area contributed by atoms with Crippen LogP contribution in [0.3, 0.4) is 0 Å². The minimum atomic E-state index is -3.26. The van der Waals surface area contributed by atoms with Gasteiger partial charge in [0.1, 0.15) is 0 Å². The normalized spacial score (nSPS) is 25.3. The monoisotopic (exact) mass is 612 g/mol. The van der Waals surface area contributed by atoms with Crippen LogP contribution in [0.1, 0.15) is 36.1 Å². The minimum Gasteiger partial charge on any atom is -0.395 e. The number of aromatic nitrogens is 3. The molecule has 0 radical (unpaired) electrons. The number of aliphatic hydroxyl groups is 1. The van der Waals surface area contributed by atoms with Crippen LogP contribution in [-0.4, -0.2) is 53.7 Å². The van der Waals surface area contributed by atoms with Crippen LogP contribution < -0.4 is 4.90 Å². The molecule has 3 aromatic rings. The number of aryl methyl sites for hydroxylation is 1. The molecule has 1 spiro atoms. The van der Waals surface area contributed by atoms with E-state index in [9.17, 15) is 9.90 Å². The van der Waals surface area contributed by atoms with E-state index in [0.717, 1.165) is 21.3 Å². The van der Waals surface area contributed by atoms with Gasteiger partial charge in [-0.2, -0.15) is 0 Å². The second kappa shape index (κ2) is 10.7. The number of hydrogen-bond acceptors (Lipinski definition) is 5. The Hall–Kier alpha value is -2.66. The highest BCUT2D eigenvalue weighted by Gasteiger charge is 2.66. The number of amides is 1. The third-order valence-corrected chi connectivity index (χ3v) is 11.1. The van der Waals surface area contributed by atoms with E-state index in [0.29, 0.717) is 25.2 Å². The van der Waals surface area contributed by atoms with Crippen LogP contribution >= 0.6 is 15.9 Å². The molecule has 7 nitrogen and oxygen atoms in total. The van der Waals surface area contributed by atoms with Crippen LogP contribution in [0.4, 0.5) is 9.80 Å². The number of carbonyl (C=O) groups excluding carboxylic acids is 1. The molecule has 1 saturated heterocycles. The number of halogens is 2. The molecule has 2 aromatic carbocycles. The molecule has 39 heavy (non-hydrogen) atoms. The third kappa shape index (κ3) is 4.81. The van der Waals surface area contributed by atoms with Crippen LogP contribution in [0, 0.1) is 5.92 Å². The van der Waals surface area contributed by atoms with Crippen molar-refractivity contribution in [3.8, 4) is 0 Å². The van der Waals surface area contributed by atoms with Gasteiger partial charge in [0.25, 0.3) is 5.91 Å². The zero-order valence-corrected chi connectivity index (χ0v) is 25.0. The first kappa shape index (κ1) is 27.9. The van der Waals surface area contributed by atoms with Gasteiger partial charge in [0.15, 0.2) is 5.60 Å². The summed E-state index contributed by atoms with van der Waals surface area (Å²) < 4.78 is 25.3. The van der Waals surface area contributed by atoms with Crippen LogP contribution in [0.5, 0.6) is 0 Å². The molecule has 5 atom stereocenters. The van der Waals surface area contributed by atoms with Crippen molar-refractivity contribution in [3.05, 3.63) is 88.7 Å². The standard InChI is InChI=1S/C29H34BrFN4O3Si/c1-5-14-35-25-12-11-21(30)16-23(25)29(28(35)37)19(2)27(39(3,4)31)26(38-29)13-15-34-17-24(32-33-34)22(18-36)20-9-7-6-8-10-20/h5-12,16-17,19,22,26-27,36H,1,13-15,18H2,2-4H3/t19-,22?,26+,27-,29+/m0/s1. The van der Waals surface area contributed by atoms with Gasteiger partial charge in [-0.05, 0) is 43.3 Å². The van der Waals surface area contributed by atoms with Gasteiger partial charge < -0.3 is 18.9 Å². The Morgan fingerprint density at radius 1 is 1.28 bits per heavy atom. The summed E-state index contributed by atoms with van der Waals surface area (Å²) in [4.78, 5) is 15.7. The van der Waals surface area contributed by atoms with Gasteiger partial charge in [-0.1, -0.05) is 64.5 Å². The summed E-state index contributed by atoms with van der Waals surface area (Å²) in [6.45, 7) is 9.90. The fraction of sp³-hybridized carbons (Fsp3) is 0.414. The van der Waals surface area contributed by atoms with Gasteiger partial charge in [-0.15, -0.1) is 11.7 Å². The fourth-order valence-corrected chi connectivity index (χ4v) is 9.40. The van der Waals surface area contributed by atoms with Crippen LogP contribution in [-0.2, 0) is 21.7 Å². The van der Waals surface area contributed by atoms with Crippen molar-refractivity contribution in [1.29, 1.82) is 0 Å². The zero-order valence-electron chi connectivity index (χ0n) is 22.4. The second-order valence-corrected chi connectivity index (χ2v) is 15.7. The van der Waals surface area contributed by atoms with Gasteiger partial charge in [-0.3, -0.25) is 9.48 Å². The predicted molar refractivity (Wildman–Crippen MR) is 155 cm³/mol. The van der Waals surface area contributed by atoms with Crippen molar-refractivity contribution in [2.45, 2.75) is 56.1 Å². The molecule has 0 saturated carbocycles. The number of benzene rings is 2. The Labute approximate surface area is 238 Å². The van der Waals surface area contributed by atoms with E-state index in [1.807, 2.05) is 61.7 Å². The molecule has 1 aromatic heterocycles. The van der Waals surface area contributed by atoms with Gasteiger partial charge in [0, 0.05) is 40.8 Å². The third-order valence-electron chi connectivity index (χ3n) is 8.18. The lowest BCUT2D eigenvalue weighted by molar-refractivity contribution is -0.145. The number of aliphatic hydroxyl groups excluding tert-OH is 1. The summed E-state index contributed by atoms with van der Waals surface area (Å²) in [7, 11) is -3.26. The van der Waals surface area contributed by atoms with Crippen LogP contribution in [0.25, 0.3) is 0 Å². The van der Waals surface area contributed by atoms with Crippen molar-refractivity contribution in [1.82, 2.24) is 15.0 Å². The number of hydrogen-bond donors (Lipinski definition) is 1. The summed E-state index contributed by atoms with van der Waals surface area (Å²) in [6.07, 6.45) is 3.53. The first-order valence-electron chi connectivity index (χ1n) is 13.3. The Balaban J connectivity index is 1.43. The molecule has 3 heterocycles. The maximum absolute atomic E-state index is 16.0. The van der Waals surface area contributed by atoms with Crippen molar-refractivity contribution in [2.24, 2.45) is 5.92 Å². The smallest absolute Gasteiger partial charge is 0.264 e. The number of anilines is 1. The molecule has 5 rings (SSSR count). The molecule has 2 aliphatic heterocycles. The van der Waals surface area contributed by atoms with Gasteiger partial charge in [-0.25, -0.2) is 0 Å². The molecular formula is C29H34BrFN4O3Si. The molecule has 206 valence electrons. The topological polar surface area (TPSA) is 80.5 Å². The van der Waals surface area contributed by atoms with Crippen molar-refractivity contribution >= 4 is 35.9 Å². The van der Waals surface area contributed by atoms with Crippen LogP contribution in [0.15, 0.2) is 71.9 Å². The summed E-state index contributed by atoms with van der Waals surface area (Å²) >= 11 is 3.55. The van der Waals surface area contributed by atoms with E-state index in [2.05, 4.69) is 32.8 Å². The van der Waals surface area contributed by atoms with Crippen LogP contribution in [0.2, 0.25) is 18.6 Å². The largest absolute Gasteiger partial charge is 0.395 e. The summed E-state index contributed by atoms with van der Waals surface area (Å²) in [5.41, 5.74) is 1.54. The molecule has 0 bridgehead atoms. The maximum atomic E-state index is 16.0. The van der Waals surface area contributed by atoms with E-state index in [1.54, 1.807) is 28.8 Å². The Morgan fingerprint density at radius 2 is 2.03 bits per heavy atom. The average Bonchev–Trinajstić information content (AvgIpc) is 3.55. The molecular weight excluding hydrogens is 579 g/mol. The van der Waals surface area contributed by atoms with Crippen molar-refractivity contribution in [3.63, 3.8) is 0 Å². The molecule has 10 heteroatoms. The molecule has 2 aliphatic rings. The lowest BCUT2D eigenvalue weighted by atomic mass is 9.82. The summed E-state index contributed by atoms with van der Waals surface area (Å²) in [5.74, 6) is -0.795. The minimum absolute atomic E-state index is 0.0868. The van der Waals surface area contributed by atoms with E-state index in [4.69, 9.17) is 4.74 Å². The number of ether oxygens (including phenoxy) is 1. The molecule has 1 N–H and O–H groups in total. The van der Waals surface area contributed by atoms with Crippen molar-refractivity contribution < 1.29 is 18.7 Å². The molecule has 1 unspecified atom stereocenters. The highest BCUT2D eigenvalue weighted by Crippen LogP contribution is 2.60. The number of nitrogens with zero attached hydrogens (tertiary/aromatic N) is 4. The second-order valence-electron chi connectivity index (χ2n) is 11.0. The fourth-order valence-electron chi connectivity index (χ4n) is 6.50. The number of carbonyl (C=O) groups is 1. The Morgan fingerprint density at radius 3 is 2.69 bits per heavy atom. The van der Waals surface area contributed by atoms with E-state index in [-0.39, 0.29) is 24.3 Å². The molecule has 1 fully saturated rings. The zero-order chi connectivity index (χ0) is 27.9. The molecule has 1 amide bonds. The lowest BCUT2D eigenvalue weighted by Crippen LogP contribution is -2.45. The van der Waals surface area contributed by atoms with E-state index in [1.165, 1.54) is 0 Å². The summed E-state index contributed by atoms with van der Waals surface area (Å²) in [5, 5.41) is 18.6. The number of fused-ring (bicyclic) bond motifs is 2. The first-order chi connectivity index (χ1) is 18.6. The van der Waals surface area contributed by atoms with Gasteiger partial charge in [0.05, 0.1) is 30.0 Å². The maximum Gasteiger partial charge on any atom is 0.264 e. The average molecular weight is 614 g/mol. The first-order valence-corrected chi connectivity index (χ1v) is 17.0. The van der Waals surface area contributed by atoms with E-state index < -0.39 is 25.7 Å².